The fourth-order valence-electron chi connectivity index (χ4n) is 3.28. The molecular weight excluding hydrogens is 284 g/mol. The second kappa shape index (κ2) is 6.29. The van der Waals surface area contributed by atoms with E-state index in [-0.39, 0.29) is 5.91 Å². The van der Waals surface area contributed by atoms with Gasteiger partial charge in [-0.25, -0.2) is 0 Å². The van der Waals surface area contributed by atoms with Crippen molar-refractivity contribution in [3.8, 4) is 0 Å². The maximum absolute atomic E-state index is 12.5. The highest BCUT2D eigenvalue weighted by Crippen LogP contribution is 2.18. The van der Waals surface area contributed by atoms with Gasteiger partial charge in [-0.1, -0.05) is 35.9 Å². The molecule has 0 saturated carbocycles. The zero-order chi connectivity index (χ0) is 16.4. The predicted octanol–water partition coefficient (Wildman–Crippen LogP) is 4.07. The fraction of sp³-hybridized carbons (Fsp3) is 0.250. The Kier molecular flexibility index (Phi) is 4.20. The van der Waals surface area contributed by atoms with E-state index in [0.717, 1.165) is 28.6 Å². The molecule has 3 rings (SSSR count). The molecule has 0 unspecified atom stereocenters. The summed E-state index contributed by atoms with van der Waals surface area (Å²) in [5.74, 6) is 0.0137. The minimum absolute atomic E-state index is 0.0137. The number of hydrogen-bond donors (Lipinski definition) is 2. The zero-order valence-corrected chi connectivity index (χ0v) is 13.9. The highest BCUT2D eigenvalue weighted by molar-refractivity contribution is 5.97. The lowest BCUT2D eigenvalue weighted by Gasteiger charge is -2.11. The summed E-state index contributed by atoms with van der Waals surface area (Å²) < 4.78 is 0. The molecule has 0 aliphatic heterocycles. The molecule has 2 N–H and O–H groups in total. The summed E-state index contributed by atoms with van der Waals surface area (Å²) in [6, 6.07) is 12.3. The SMILES string of the molecule is Cc1cc(C)c(C(=O)NCCc2c[nH]c3ccccc23)c(C)c1. The third-order valence-corrected chi connectivity index (χ3v) is 4.26. The van der Waals surface area contributed by atoms with Crippen LogP contribution in [0.25, 0.3) is 10.9 Å². The first kappa shape index (κ1) is 15.3. The van der Waals surface area contributed by atoms with Gasteiger partial charge in [-0.15, -0.1) is 0 Å². The van der Waals surface area contributed by atoms with Crippen LogP contribution in [-0.4, -0.2) is 17.4 Å². The summed E-state index contributed by atoms with van der Waals surface area (Å²) in [5.41, 5.74) is 6.43. The number of amides is 1. The van der Waals surface area contributed by atoms with E-state index in [4.69, 9.17) is 0 Å². The van der Waals surface area contributed by atoms with Gasteiger partial charge in [0.25, 0.3) is 5.91 Å². The minimum Gasteiger partial charge on any atom is -0.361 e. The van der Waals surface area contributed by atoms with Crippen molar-refractivity contribution in [2.45, 2.75) is 27.2 Å². The van der Waals surface area contributed by atoms with E-state index in [1.807, 2.05) is 32.2 Å². The lowest BCUT2D eigenvalue weighted by Crippen LogP contribution is -2.27. The number of rotatable bonds is 4. The quantitative estimate of drug-likeness (QED) is 0.750. The van der Waals surface area contributed by atoms with Crippen LogP contribution in [0.2, 0.25) is 0 Å². The van der Waals surface area contributed by atoms with Crippen molar-refractivity contribution in [3.63, 3.8) is 0 Å². The molecule has 0 fully saturated rings. The molecule has 3 aromatic rings. The Balaban J connectivity index is 1.68. The third-order valence-electron chi connectivity index (χ3n) is 4.26. The summed E-state index contributed by atoms with van der Waals surface area (Å²) in [6.07, 6.45) is 2.85. The van der Waals surface area contributed by atoms with Gasteiger partial charge in [0.1, 0.15) is 0 Å². The van der Waals surface area contributed by atoms with E-state index in [1.165, 1.54) is 16.5 Å². The third kappa shape index (κ3) is 3.14. The van der Waals surface area contributed by atoms with E-state index in [1.54, 1.807) is 0 Å². The molecule has 0 saturated heterocycles. The topological polar surface area (TPSA) is 44.9 Å². The lowest BCUT2D eigenvalue weighted by atomic mass is 9.99. The number of hydrogen-bond acceptors (Lipinski definition) is 1. The minimum atomic E-state index is 0.0137. The molecule has 0 aliphatic rings. The normalized spacial score (nSPS) is 10.9. The van der Waals surface area contributed by atoms with Crippen LogP contribution < -0.4 is 5.32 Å². The van der Waals surface area contributed by atoms with Crippen molar-refractivity contribution in [3.05, 3.63) is 70.4 Å². The number of aryl methyl sites for hydroxylation is 3. The van der Waals surface area contributed by atoms with Gasteiger partial charge >= 0.3 is 0 Å². The van der Waals surface area contributed by atoms with Gasteiger partial charge in [0.05, 0.1) is 0 Å². The molecule has 0 radical (unpaired) electrons. The van der Waals surface area contributed by atoms with Crippen LogP contribution in [0.15, 0.2) is 42.6 Å². The number of nitrogens with one attached hydrogen (secondary N) is 2. The summed E-state index contributed by atoms with van der Waals surface area (Å²) in [6.45, 7) is 6.68. The standard InChI is InChI=1S/C20H22N2O/c1-13-10-14(2)19(15(3)11-13)20(23)21-9-8-16-12-22-18-7-5-4-6-17(16)18/h4-7,10-12,22H,8-9H2,1-3H3,(H,21,23). The Morgan fingerprint density at radius 2 is 1.78 bits per heavy atom. The van der Waals surface area contributed by atoms with Gasteiger partial charge in [0.2, 0.25) is 0 Å². The fourth-order valence-corrected chi connectivity index (χ4v) is 3.28. The summed E-state index contributed by atoms with van der Waals surface area (Å²) in [4.78, 5) is 15.7. The number of benzene rings is 2. The van der Waals surface area contributed by atoms with Gasteiger partial charge in [-0.05, 0) is 49.9 Å². The molecular formula is C20H22N2O. The number of para-hydroxylation sites is 1. The van der Waals surface area contributed by atoms with Gasteiger partial charge in [-0.2, -0.15) is 0 Å². The van der Waals surface area contributed by atoms with E-state index in [0.29, 0.717) is 6.54 Å². The van der Waals surface area contributed by atoms with Crippen LogP contribution in [0, 0.1) is 20.8 Å². The van der Waals surface area contributed by atoms with Crippen molar-refractivity contribution in [2.24, 2.45) is 0 Å². The van der Waals surface area contributed by atoms with Crippen molar-refractivity contribution < 1.29 is 4.79 Å². The van der Waals surface area contributed by atoms with Crippen molar-refractivity contribution in [1.82, 2.24) is 10.3 Å². The summed E-state index contributed by atoms with van der Waals surface area (Å²) in [7, 11) is 0. The Bertz CT molecular complexity index is 838. The van der Waals surface area contributed by atoms with E-state index >= 15 is 0 Å². The molecule has 1 aromatic heterocycles. The lowest BCUT2D eigenvalue weighted by molar-refractivity contribution is 0.0953. The molecule has 0 bridgehead atoms. The van der Waals surface area contributed by atoms with Crippen LogP contribution in [0.3, 0.4) is 0 Å². The first-order valence-corrected chi connectivity index (χ1v) is 7.97. The molecule has 0 aliphatic carbocycles. The predicted molar refractivity (Wildman–Crippen MR) is 95.0 cm³/mol. The first-order chi connectivity index (χ1) is 11.1. The van der Waals surface area contributed by atoms with Gasteiger partial charge in [0, 0.05) is 29.2 Å². The molecule has 3 heteroatoms. The zero-order valence-electron chi connectivity index (χ0n) is 13.9. The van der Waals surface area contributed by atoms with Crippen LogP contribution in [-0.2, 0) is 6.42 Å². The number of carbonyl (C=O) groups is 1. The van der Waals surface area contributed by atoms with Crippen LogP contribution >= 0.6 is 0 Å². The first-order valence-electron chi connectivity index (χ1n) is 7.97. The Morgan fingerprint density at radius 3 is 2.52 bits per heavy atom. The van der Waals surface area contributed by atoms with Crippen molar-refractivity contribution in [1.29, 1.82) is 0 Å². The van der Waals surface area contributed by atoms with Gasteiger partial charge < -0.3 is 10.3 Å². The molecule has 118 valence electrons. The largest absolute Gasteiger partial charge is 0.361 e. The summed E-state index contributed by atoms with van der Waals surface area (Å²) >= 11 is 0. The molecule has 0 atom stereocenters. The number of fused-ring (bicyclic) bond motifs is 1. The second-order valence-corrected chi connectivity index (χ2v) is 6.14. The highest BCUT2D eigenvalue weighted by Gasteiger charge is 2.12. The Morgan fingerprint density at radius 1 is 1.09 bits per heavy atom. The number of carbonyl (C=O) groups excluding carboxylic acids is 1. The Labute approximate surface area is 136 Å². The maximum Gasteiger partial charge on any atom is 0.251 e. The average molecular weight is 306 g/mol. The maximum atomic E-state index is 12.5. The molecule has 2 aromatic carbocycles. The van der Waals surface area contributed by atoms with Crippen LogP contribution in [0.4, 0.5) is 0 Å². The van der Waals surface area contributed by atoms with Crippen molar-refractivity contribution >= 4 is 16.8 Å². The van der Waals surface area contributed by atoms with Crippen LogP contribution in [0.5, 0.6) is 0 Å². The molecule has 1 heterocycles. The smallest absolute Gasteiger partial charge is 0.251 e. The van der Waals surface area contributed by atoms with Gasteiger partial charge in [-0.3, -0.25) is 4.79 Å². The van der Waals surface area contributed by atoms with Crippen molar-refractivity contribution in [2.75, 3.05) is 6.54 Å². The van der Waals surface area contributed by atoms with Crippen LogP contribution in [0.1, 0.15) is 32.6 Å². The number of aromatic nitrogens is 1. The van der Waals surface area contributed by atoms with E-state index in [9.17, 15) is 4.79 Å². The molecule has 3 nitrogen and oxygen atoms in total. The molecule has 23 heavy (non-hydrogen) atoms. The van der Waals surface area contributed by atoms with E-state index < -0.39 is 0 Å². The molecule has 1 amide bonds. The molecule has 0 spiro atoms. The average Bonchev–Trinajstić information content (AvgIpc) is 2.90. The number of H-pyrrole nitrogens is 1. The second-order valence-electron chi connectivity index (χ2n) is 6.14. The Hall–Kier alpha value is -2.55. The van der Waals surface area contributed by atoms with Gasteiger partial charge in [0.15, 0.2) is 0 Å². The monoisotopic (exact) mass is 306 g/mol. The number of aromatic amines is 1. The van der Waals surface area contributed by atoms with E-state index in [2.05, 4.69) is 41.5 Å². The summed E-state index contributed by atoms with van der Waals surface area (Å²) in [5, 5.41) is 4.28. The highest BCUT2D eigenvalue weighted by atomic mass is 16.1.